The van der Waals surface area contributed by atoms with Gasteiger partial charge in [0, 0.05) is 12.0 Å². The summed E-state index contributed by atoms with van der Waals surface area (Å²) < 4.78 is 0. The van der Waals surface area contributed by atoms with Crippen LogP contribution >= 0.6 is 0 Å². The minimum absolute atomic E-state index is 0.157. The quantitative estimate of drug-likeness (QED) is 0.872. The SMILES string of the molecule is O=C1N=C(Cc2ccccc2)c2cc(O)ccc21. The van der Waals surface area contributed by atoms with Gasteiger partial charge in [0.25, 0.3) is 5.91 Å². The molecule has 0 bridgehead atoms. The van der Waals surface area contributed by atoms with Crippen molar-refractivity contribution >= 4 is 11.6 Å². The molecular formula is C15H11NO2. The molecule has 1 heterocycles. The predicted molar refractivity (Wildman–Crippen MR) is 69.1 cm³/mol. The maximum Gasteiger partial charge on any atom is 0.277 e. The summed E-state index contributed by atoms with van der Waals surface area (Å²) >= 11 is 0. The largest absolute Gasteiger partial charge is 0.508 e. The summed E-state index contributed by atoms with van der Waals surface area (Å²) in [6.07, 6.45) is 0.600. The lowest BCUT2D eigenvalue weighted by Gasteiger charge is -2.03. The Kier molecular flexibility index (Phi) is 2.45. The Morgan fingerprint density at radius 2 is 1.78 bits per heavy atom. The van der Waals surface area contributed by atoms with Gasteiger partial charge in [-0.05, 0) is 23.8 Å². The lowest BCUT2D eigenvalue weighted by atomic mass is 10.00. The first-order valence-corrected chi connectivity index (χ1v) is 5.73. The lowest BCUT2D eigenvalue weighted by molar-refractivity contribution is 0.101. The summed E-state index contributed by atoms with van der Waals surface area (Å²) in [5.74, 6) is -0.0693. The molecular weight excluding hydrogens is 226 g/mol. The van der Waals surface area contributed by atoms with Crippen LogP contribution in [0.3, 0.4) is 0 Å². The van der Waals surface area contributed by atoms with Gasteiger partial charge in [-0.1, -0.05) is 30.3 Å². The van der Waals surface area contributed by atoms with E-state index in [-0.39, 0.29) is 11.7 Å². The van der Waals surface area contributed by atoms with Crippen molar-refractivity contribution in [1.82, 2.24) is 0 Å². The number of rotatable bonds is 2. The van der Waals surface area contributed by atoms with Crippen LogP contribution in [0.2, 0.25) is 0 Å². The van der Waals surface area contributed by atoms with Crippen LogP contribution in [0.1, 0.15) is 21.5 Å². The molecule has 2 aromatic carbocycles. The Morgan fingerprint density at radius 1 is 1.00 bits per heavy atom. The number of phenolic OH excluding ortho intramolecular Hbond substituents is 1. The van der Waals surface area contributed by atoms with Crippen LogP contribution in [0, 0.1) is 0 Å². The topological polar surface area (TPSA) is 49.7 Å². The molecule has 1 N–H and O–H groups in total. The number of nitrogens with zero attached hydrogens (tertiary/aromatic N) is 1. The number of aromatic hydroxyl groups is 1. The van der Waals surface area contributed by atoms with Gasteiger partial charge in [-0.15, -0.1) is 0 Å². The normalized spacial score (nSPS) is 13.3. The average molecular weight is 237 g/mol. The van der Waals surface area contributed by atoms with Gasteiger partial charge in [0.2, 0.25) is 0 Å². The summed E-state index contributed by atoms with van der Waals surface area (Å²) in [6, 6.07) is 14.6. The number of carbonyl (C=O) groups excluding carboxylic acids is 1. The fraction of sp³-hybridized carbons (Fsp3) is 0.0667. The fourth-order valence-electron chi connectivity index (χ4n) is 2.12. The van der Waals surface area contributed by atoms with E-state index in [0.717, 1.165) is 16.8 Å². The molecule has 0 saturated heterocycles. The molecule has 0 fully saturated rings. The number of hydrogen-bond donors (Lipinski definition) is 1. The number of fused-ring (bicyclic) bond motifs is 1. The molecule has 0 atom stereocenters. The third kappa shape index (κ3) is 1.80. The van der Waals surface area contributed by atoms with Gasteiger partial charge in [0.15, 0.2) is 0 Å². The van der Waals surface area contributed by atoms with Crippen molar-refractivity contribution in [2.45, 2.75) is 6.42 Å². The Labute approximate surface area is 104 Å². The minimum atomic E-state index is -0.226. The Bertz CT molecular complexity index is 645. The smallest absolute Gasteiger partial charge is 0.277 e. The average Bonchev–Trinajstić information content (AvgIpc) is 2.67. The van der Waals surface area contributed by atoms with E-state index >= 15 is 0 Å². The molecule has 0 unspecified atom stereocenters. The molecule has 1 aliphatic rings. The van der Waals surface area contributed by atoms with Crippen LogP contribution in [-0.2, 0) is 6.42 Å². The van der Waals surface area contributed by atoms with Crippen LogP contribution in [0.15, 0.2) is 53.5 Å². The monoisotopic (exact) mass is 237 g/mol. The predicted octanol–water partition coefficient (Wildman–Crippen LogP) is 2.58. The summed E-state index contributed by atoms with van der Waals surface area (Å²) in [5, 5.41) is 9.50. The molecule has 0 radical (unpaired) electrons. The number of aliphatic imine (C=N–C) groups is 1. The second-order valence-electron chi connectivity index (χ2n) is 4.26. The number of benzene rings is 2. The van der Waals surface area contributed by atoms with Crippen LogP contribution < -0.4 is 0 Å². The highest BCUT2D eigenvalue weighted by Crippen LogP contribution is 2.24. The van der Waals surface area contributed by atoms with E-state index in [1.54, 1.807) is 12.1 Å². The van der Waals surface area contributed by atoms with Gasteiger partial charge in [-0.2, -0.15) is 0 Å². The summed E-state index contributed by atoms with van der Waals surface area (Å²) in [5.41, 5.74) is 3.12. The molecule has 1 amide bonds. The first-order chi connectivity index (χ1) is 8.74. The molecule has 0 spiro atoms. The van der Waals surface area contributed by atoms with Gasteiger partial charge in [-0.25, -0.2) is 4.99 Å². The number of carbonyl (C=O) groups is 1. The highest BCUT2D eigenvalue weighted by molar-refractivity contribution is 6.21. The van der Waals surface area contributed by atoms with E-state index in [1.165, 1.54) is 6.07 Å². The third-order valence-electron chi connectivity index (χ3n) is 3.00. The van der Waals surface area contributed by atoms with Gasteiger partial charge >= 0.3 is 0 Å². The van der Waals surface area contributed by atoms with E-state index in [1.807, 2.05) is 30.3 Å². The van der Waals surface area contributed by atoms with E-state index in [9.17, 15) is 9.90 Å². The van der Waals surface area contributed by atoms with Crippen molar-refractivity contribution in [2.75, 3.05) is 0 Å². The zero-order valence-corrected chi connectivity index (χ0v) is 9.63. The lowest BCUT2D eigenvalue weighted by Crippen LogP contribution is -2.02. The maximum atomic E-state index is 11.7. The first kappa shape index (κ1) is 10.7. The van der Waals surface area contributed by atoms with Crippen molar-refractivity contribution in [1.29, 1.82) is 0 Å². The van der Waals surface area contributed by atoms with Crippen LogP contribution in [-0.4, -0.2) is 16.7 Å². The van der Waals surface area contributed by atoms with Crippen molar-refractivity contribution < 1.29 is 9.90 Å². The maximum absolute atomic E-state index is 11.7. The third-order valence-corrected chi connectivity index (χ3v) is 3.00. The molecule has 3 heteroatoms. The fourth-order valence-corrected chi connectivity index (χ4v) is 2.12. The van der Waals surface area contributed by atoms with Crippen LogP contribution in [0.5, 0.6) is 5.75 Å². The molecule has 0 aromatic heterocycles. The zero-order valence-electron chi connectivity index (χ0n) is 9.63. The molecule has 3 rings (SSSR count). The van der Waals surface area contributed by atoms with Crippen molar-refractivity contribution in [3.63, 3.8) is 0 Å². The van der Waals surface area contributed by atoms with E-state index in [0.29, 0.717) is 12.0 Å². The second-order valence-corrected chi connectivity index (χ2v) is 4.26. The van der Waals surface area contributed by atoms with Crippen molar-refractivity contribution in [2.24, 2.45) is 4.99 Å². The first-order valence-electron chi connectivity index (χ1n) is 5.73. The standard InChI is InChI=1S/C15H11NO2/c17-11-6-7-12-13(9-11)14(16-15(12)18)8-10-4-2-1-3-5-10/h1-7,9,17H,8H2. The summed E-state index contributed by atoms with van der Waals surface area (Å²) in [6.45, 7) is 0. The van der Waals surface area contributed by atoms with Crippen molar-refractivity contribution in [3.05, 3.63) is 65.2 Å². The molecule has 2 aromatic rings. The number of phenols is 1. The minimum Gasteiger partial charge on any atom is -0.508 e. The second kappa shape index (κ2) is 4.11. The van der Waals surface area contributed by atoms with E-state index in [4.69, 9.17) is 0 Å². The highest BCUT2D eigenvalue weighted by Gasteiger charge is 2.23. The van der Waals surface area contributed by atoms with E-state index < -0.39 is 0 Å². The Morgan fingerprint density at radius 3 is 2.56 bits per heavy atom. The number of amides is 1. The van der Waals surface area contributed by atoms with Gasteiger partial charge < -0.3 is 5.11 Å². The Hall–Kier alpha value is -2.42. The summed E-state index contributed by atoms with van der Waals surface area (Å²) in [7, 11) is 0. The number of hydrogen-bond acceptors (Lipinski definition) is 2. The Balaban J connectivity index is 1.99. The molecule has 0 aliphatic carbocycles. The van der Waals surface area contributed by atoms with Gasteiger partial charge in [0.05, 0.1) is 11.3 Å². The van der Waals surface area contributed by atoms with Crippen LogP contribution in [0.25, 0.3) is 0 Å². The van der Waals surface area contributed by atoms with E-state index in [2.05, 4.69) is 4.99 Å². The molecule has 88 valence electrons. The molecule has 18 heavy (non-hydrogen) atoms. The van der Waals surface area contributed by atoms with Crippen molar-refractivity contribution in [3.8, 4) is 5.75 Å². The zero-order chi connectivity index (χ0) is 12.5. The highest BCUT2D eigenvalue weighted by atomic mass is 16.3. The summed E-state index contributed by atoms with van der Waals surface area (Å²) in [4.78, 5) is 15.8. The molecule has 0 saturated carbocycles. The van der Waals surface area contributed by atoms with Gasteiger partial charge in [0.1, 0.15) is 5.75 Å². The van der Waals surface area contributed by atoms with Crippen LogP contribution in [0.4, 0.5) is 0 Å². The molecule has 3 nitrogen and oxygen atoms in total. The molecule has 1 aliphatic heterocycles. The van der Waals surface area contributed by atoms with Gasteiger partial charge in [-0.3, -0.25) is 4.79 Å².